The minimum atomic E-state index is -0.641. The first-order valence-electron chi connectivity index (χ1n) is 12.3. The summed E-state index contributed by atoms with van der Waals surface area (Å²) in [5.74, 6) is -1.03. The van der Waals surface area contributed by atoms with Crippen LogP contribution in [0.3, 0.4) is 0 Å². The summed E-state index contributed by atoms with van der Waals surface area (Å²) in [6.07, 6.45) is 0. The number of hydrogen-bond donors (Lipinski definition) is 4. The van der Waals surface area contributed by atoms with E-state index in [0.717, 1.165) is 32.7 Å². The normalized spacial score (nSPS) is 12.7. The van der Waals surface area contributed by atoms with Gasteiger partial charge in [-0.1, -0.05) is 78.9 Å². The molecule has 1 heterocycles. The second-order valence-electron chi connectivity index (χ2n) is 9.04. The van der Waals surface area contributed by atoms with Gasteiger partial charge < -0.3 is 20.8 Å². The number of pyridine rings is 1. The Morgan fingerprint density at radius 2 is 1.00 bits per heavy atom. The Kier molecular flexibility index (Phi) is 7.40. The summed E-state index contributed by atoms with van der Waals surface area (Å²) in [6, 6.07) is 30.5. The van der Waals surface area contributed by atoms with Crippen molar-refractivity contribution in [3.63, 3.8) is 0 Å². The maximum atomic E-state index is 13.0. The number of aliphatic hydroxyl groups is 2. The van der Waals surface area contributed by atoms with Crippen molar-refractivity contribution in [2.75, 3.05) is 13.2 Å². The molecule has 190 valence electrons. The lowest BCUT2D eigenvalue weighted by Crippen LogP contribution is -2.33. The summed E-state index contributed by atoms with van der Waals surface area (Å²) < 4.78 is 0. The summed E-state index contributed by atoms with van der Waals surface area (Å²) in [5, 5.41) is 29.7. The van der Waals surface area contributed by atoms with Crippen LogP contribution in [-0.2, 0) is 0 Å². The van der Waals surface area contributed by atoms with Crippen LogP contribution in [0.2, 0.25) is 0 Å². The predicted octanol–water partition coefficient (Wildman–Crippen LogP) is 4.31. The van der Waals surface area contributed by atoms with Gasteiger partial charge in [0.25, 0.3) is 11.8 Å². The van der Waals surface area contributed by atoms with Gasteiger partial charge in [0, 0.05) is 0 Å². The molecule has 38 heavy (non-hydrogen) atoms. The molecule has 4 N–H and O–H groups in total. The number of nitrogens with zero attached hydrogens (tertiary/aromatic N) is 1. The molecule has 5 rings (SSSR count). The minimum Gasteiger partial charge on any atom is -0.394 e. The lowest BCUT2D eigenvalue weighted by molar-refractivity contribution is 0.0905. The number of rotatable bonds is 8. The van der Waals surface area contributed by atoms with E-state index in [0.29, 0.717) is 0 Å². The van der Waals surface area contributed by atoms with E-state index in [1.165, 1.54) is 12.1 Å². The van der Waals surface area contributed by atoms with E-state index in [-0.39, 0.29) is 24.6 Å². The third-order valence-electron chi connectivity index (χ3n) is 6.54. The summed E-state index contributed by atoms with van der Waals surface area (Å²) >= 11 is 0. The first-order chi connectivity index (χ1) is 18.6. The third kappa shape index (κ3) is 5.39. The van der Waals surface area contributed by atoms with Crippen LogP contribution >= 0.6 is 0 Å². The molecular weight excluding hydrogens is 478 g/mol. The molecule has 2 amide bonds. The van der Waals surface area contributed by atoms with Gasteiger partial charge in [-0.3, -0.25) is 9.59 Å². The highest BCUT2D eigenvalue weighted by atomic mass is 16.3. The third-order valence-corrected chi connectivity index (χ3v) is 6.54. The first kappa shape index (κ1) is 25.1. The molecule has 7 nitrogen and oxygen atoms in total. The summed E-state index contributed by atoms with van der Waals surface area (Å²) in [6.45, 7) is -0.595. The minimum absolute atomic E-state index is 0.0446. The monoisotopic (exact) mass is 505 g/mol. The molecule has 0 radical (unpaired) electrons. The summed E-state index contributed by atoms with van der Waals surface area (Å²) in [5.41, 5.74) is 1.61. The number of hydrogen-bond acceptors (Lipinski definition) is 5. The highest BCUT2D eigenvalue weighted by Gasteiger charge is 2.20. The van der Waals surface area contributed by atoms with Crippen molar-refractivity contribution in [3.05, 3.63) is 126 Å². The lowest BCUT2D eigenvalue weighted by Gasteiger charge is -2.18. The zero-order valence-electron chi connectivity index (χ0n) is 20.5. The summed E-state index contributed by atoms with van der Waals surface area (Å²) in [4.78, 5) is 30.2. The molecule has 0 aliphatic carbocycles. The second kappa shape index (κ2) is 11.2. The van der Waals surface area contributed by atoms with Crippen LogP contribution in [0.5, 0.6) is 0 Å². The quantitative estimate of drug-likeness (QED) is 0.251. The zero-order chi connectivity index (χ0) is 26.5. The smallest absolute Gasteiger partial charge is 0.270 e. The standard InChI is InChI=1S/C31H27N3O4/c35-18-28(24-14-12-20-6-1-3-8-22(20)16-24)33-30(37)26-10-5-11-27(32-26)31(38)34-29(19-36)25-15-13-21-7-2-4-9-23(21)17-25/h1-17,28-29,35-36H,18-19H2,(H,33,37)(H,34,38)/t28-,29-/m1/s1. The molecule has 2 atom stereocenters. The van der Waals surface area contributed by atoms with Crippen LogP contribution in [0.4, 0.5) is 0 Å². The van der Waals surface area contributed by atoms with E-state index in [2.05, 4.69) is 15.6 Å². The summed E-state index contributed by atoms with van der Waals surface area (Å²) in [7, 11) is 0. The van der Waals surface area contributed by atoms with Gasteiger partial charge in [-0.2, -0.15) is 0 Å². The fourth-order valence-corrected chi connectivity index (χ4v) is 4.47. The van der Waals surface area contributed by atoms with E-state index in [9.17, 15) is 19.8 Å². The fourth-order valence-electron chi connectivity index (χ4n) is 4.47. The largest absolute Gasteiger partial charge is 0.394 e. The van der Waals surface area contributed by atoms with Crippen LogP contribution in [0, 0.1) is 0 Å². The number of amides is 2. The van der Waals surface area contributed by atoms with Gasteiger partial charge in [-0.15, -0.1) is 0 Å². The predicted molar refractivity (Wildman–Crippen MR) is 147 cm³/mol. The van der Waals surface area contributed by atoms with Crippen molar-refractivity contribution in [1.29, 1.82) is 0 Å². The van der Waals surface area contributed by atoms with Crippen molar-refractivity contribution in [3.8, 4) is 0 Å². The molecule has 5 aromatic rings. The number of aromatic nitrogens is 1. The molecule has 0 aliphatic heterocycles. The highest BCUT2D eigenvalue weighted by molar-refractivity contribution is 5.96. The van der Waals surface area contributed by atoms with Gasteiger partial charge in [-0.25, -0.2) is 4.98 Å². The Bertz CT molecular complexity index is 1500. The van der Waals surface area contributed by atoms with Gasteiger partial charge in [0.15, 0.2) is 0 Å². The van der Waals surface area contributed by atoms with Crippen LogP contribution < -0.4 is 10.6 Å². The van der Waals surface area contributed by atoms with Crippen LogP contribution in [0.25, 0.3) is 21.5 Å². The number of carbonyl (C=O) groups is 2. The van der Waals surface area contributed by atoms with E-state index in [1.807, 2.05) is 84.9 Å². The number of aliphatic hydroxyl groups excluding tert-OH is 2. The Morgan fingerprint density at radius 3 is 1.42 bits per heavy atom. The Hall–Kier alpha value is -4.59. The molecule has 7 heteroatoms. The number of fused-ring (bicyclic) bond motifs is 2. The SMILES string of the molecule is O=C(N[C@H](CO)c1ccc2ccccc2c1)c1cccc(C(=O)N[C@H](CO)c2ccc3ccccc3c2)n1. The van der Waals surface area contributed by atoms with Crippen molar-refractivity contribution in [2.24, 2.45) is 0 Å². The molecule has 0 aliphatic rings. The average Bonchev–Trinajstić information content (AvgIpc) is 2.98. The highest BCUT2D eigenvalue weighted by Crippen LogP contribution is 2.22. The van der Waals surface area contributed by atoms with E-state index < -0.39 is 23.9 Å². The molecular formula is C31H27N3O4. The van der Waals surface area contributed by atoms with Crippen molar-refractivity contribution in [2.45, 2.75) is 12.1 Å². The fraction of sp³-hybridized carbons (Fsp3) is 0.129. The van der Waals surface area contributed by atoms with E-state index in [4.69, 9.17) is 0 Å². The Balaban J connectivity index is 1.30. The van der Waals surface area contributed by atoms with Gasteiger partial charge in [0.2, 0.25) is 0 Å². The van der Waals surface area contributed by atoms with Gasteiger partial charge >= 0.3 is 0 Å². The van der Waals surface area contributed by atoms with Gasteiger partial charge in [-0.05, 0) is 56.9 Å². The van der Waals surface area contributed by atoms with Gasteiger partial charge in [0.05, 0.1) is 25.3 Å². The number of benzene rings is 4. The van der Waals surface area contributed by atoms with E-state index in [1.54, 1.807) is 6.07 Å². The Morgan fingerprint density at radius 1 is 0.579 bits per heavy atom. The number of nitrogens with one attached hydrogen (secondary N) is 2. The van der Waals surface area contributed by atoms with Crippen LogP contribution in [0.15, 0.2) is 103 Å². The van der Waals surface area contributed by atoms with Crippen LogP contribution in [0.1, 0.15) is 44.2 Å². The van der Waals surface area contributed by atoms with Crippen molar-refractivity contribution < 1.29 is 19.8 Å². The molecule has 4 aromatic carbocycles. The van der Waals surface area contributed by atoms with E-state index >= 15 is 0 Å². The molecule has 0 fully saturated rings. The maximum Gasteiger partial charge on any atom is 0.270 e. The lowest BCUT2D eigenvalue weighted by atomic mass is 10.0. The zero-order valence-corrected chi connectivity index (χ0v) is 20.5. The number of carbonyl (C=O) groups excluding carboxylic acids is 2. The van der Waals surface area contributed by atoms with Crippen molar-refractivity contribution >= 4 is 33.4 Å². The topological polar surface area (TPSA) is 112 Å². The average molecular weight is 506 g/mol. The maximum absolute atomic E-state index is 13.0. The molecule has 0 unspecified atom stereocenters. The van der Waals surface area contributed by atoms with Crippen LogP contribution in [-0.4, -0.2) is 40.2 Å². The molecule has 0 saturated carbocycles. The molecule has 0 saturated heterocycles. The van der Waals surface area contributed by atoms with Crippen molar-refractivity contribution in [1.82, 2.24) is 15.6 Å². The molecule has 1 aromatic heterocycles. The molecule has 0 spiro atoms. The molecule has 0 bridgehead atoms. The van der Waals surface area contributed by atoms with Gasteiger partial charge in [0.1, 0.15) is 11.4 Å². The second-order valence-corrected chi connectivity index (χ2v) is 9.04. The Labute approximate surface area is 219 Å². The first-order valence-corrected chi connectivity index (χ1v) is 12.3.